The van der Waals surface area contributed by atoms with Gasteiger partial charge in [0.15, 0.2) is 5.69 Å². The zero-order valence-electron chi connectivity index (χ0n) is 7.07. The minimum atomic E-state index is -4.66. The van der Waals surface area contributed by atoms with Crippen LogP contribution in [0.2, 0.25) is 0 Å². The van der Waals surface area contributed by atoms with Gasteiger partial charge in [-0.1, -0.05) is 6.92 Å². The van der Waals surface area contributed by atoms with Crippen LogP contribution in [0.15, 0.2) is 0 Å². The van der Waals surface area contributed by atoms with Crippen molar-refractivity contribution >= 4 is 16.8 Å². The van der Waals surface area contributed by atoms with Gasteiger partial charge in [-0.25, -0.2) is 0 Å². The van der Waals surface area contributed by atoms with Crippen molar-refractivity contribution in [1.82, 2.24) is 10.2 Å². The Labute approximate surface area is 82.2 Å². The first kappa shape index (κ1) is 11.0. The number of aryl methyl sites for hydroxylation is 1. The number of nitrogens with zero attached hydrogens (tertiary/aromatic N) is 1. The van der Waals surface area contributed by atoms with Crippen LogP contribution in [0.25, 0.3) is 0 Å². The Bertz CT molecular complexity index is 358. The Morgan fingerprint density at radius 2 is 2.14 bits per heavy atom. The maximum atomic E-state index is 12.3. The van der Waals surface area contributed by atoms with Crippen LogP contribution < -0.4 is 0 Å². The minimum Gasteiger partial charge on any atom is -0.281 e. The van der Waals surface area contributed by atoms with Gasteiger partial charge in [0.1, 0.15) is 0 Å². The van der Waals surface area contributed by atoms with Crippen LogP contribution in [0.5, 0.6) is 0 Å². The van der Waals surface area contributed by atoms with Gasteiger partial charge >= 0.3 is 6.18 Å². The standard InChI is InChI=1S/C7H6ClF3N2O/c1-2-3-4(6(8)14)5(13-12-3)7(9,10)11/h2H2,1H3,(H,12,13). The van der Waals surface area contributed by atoms with E-state index in [-0.39, 0.29) is 12.1 Å². The number of H-pyrrole nitrogens is 1. The molecule has 0 aromatic carbocycles. The second-order valence-corrected chi connectivity index (χ2v) is 2.89. The Morgan fingerprint density at radius 3 is 2.50 bits per heavy atom. The fourth-order valence-electron chi connectivity index (χ4n) is 1.05. The van der Waals surface area contributed by atoms with E-state index in [0.717, 1.165) is 0 Å². The Kier molecular flexibility index (Phi) is 2.84. The van der Waals surface area contributed by atoms with Crippen molar-refractivity contribution in [3.8, 4) is 0 Å². The summed E-state index contributed by atoms with van der Waals surface area (Å²) in [5.74, 6) is 0. The maximum Gasteiger partial charge on any atom is 0.435 e. The summed E-state index contributed by atoms with van der Waals surface area (Å²) >= 11 is 5.04. The Morgan fingerprint density at radius 1 is 1.57 bits per heavy atom. The first-order chi connectivity index (χ1) is 6.38. The molecule has 1 aromatic heterocycles. The van der Waals surface area contributed by atoms with Crippen molar-refractivity contribution in [2.24, 2.45) is 0 Å². The molecule has 0 aliphatic rings. The average Bonchev–Trinajstić information content (AvgIpc) is 2.45. The molecule has 3 nitrogen and oxygen atoms in total. The summed E-state index contributed by atoms with van der Waals surface area (Å²) in [7, 11) is 0. The van der Waals surface area contributed by atoms with Crippen LogP contribution in [0.4, 0.5) is 13.2 Å². The van der Waals surface area contributed by atoms with E-state index in [9.17, 15) is 18.0 Å². The second kappa shape index (κ2) is 3.61. The monoisotopic (exact) mass is 226 g/mol. The normalized spacial score (nSPS) is 11.8. The molecule has 0 fully saturated rings. The highest BCUT2D eigenvalue weighted by Gasteiger charge is 2.39. The maximum absolute atomic E-state index is 12.3. The first-order valence-corrected chi connectivity index (χ1v) is 4.10. The van der Waals surface area contributed by atoms with Crippen molar-refractivity contribution in [2.45, 2.75) is 19.5 Å². The molecule has 1 aromatic rings. The van der Waals surface area contributed by atoms with Gasteiger partial charge < -0.3 is 0 Å². The van der Waals surface area contributed by atoms with E-state index in [2.05, 4.69) is 10.2 Å². The predicted molar refractivity (Wildman–Crippen MR) is 43.2 cm³/mol. The summed E-state index contributed by atoms with van der Waals surface area (Å²) in [6.07, 6.45) is -4.43. The number of aromatic nitrogens is 2. The van der Waals surface area contributed by atoms with Crippen molar-refractivity contribution in [3.63, 3.8) is 0 Å². The number of rotatable bonds is 2. The molecule has 0 amide bonds. The number of aromatic amines is 1. The summed E-state index contributed by atoms with van der Waals surface area (Å²) in [5, 5.41) is 4.01. The first-order valence-electron chi connectivity index (χ1n) is 3.72. The summed E-state index contributed by atoms with van der Waals surface area (Å²) in [4.78, 5) is 10.8. The summed E-state index contributed by atoms with van der Waals surface area (Å²) in [5.41, 5.74) is -1.74. The highest BCUT2D eigenvalue weighted by molar-refractivity contribution is 6.68. The molecular formula is C7H6ClF3N2O. The van der Waals surface area contributed by atoms with Crippen molar-refractivity contribution in [2.75, 3.05) is 0 Å². The van der Waals surface area contributed by atoms with E-state index in [1.807, 2.05) is 0 Å². The largest absolute Gasteiger partial charge is 0.435 e. The number of halogens is 4. The summed E-state index contributed by atoms with van der Waals surface area (Å²) in [6.45, 7) is 1.59. The molecule has 0 radical (unpaired) electrons. The van der Waals surface area contributed by atoms with Crippen molar-refractivity contribution < 1.29 is 18.0 Å². The number of alkyl halides is 3. The lowest BCUT2D eigenvalue weighted by atomic mass is 10.1. The van der Waals surface area contributed by atoms with Crippen LogP contribution in [0.3, 0.4) is 0 Å². The van der Waals surface area contributed by atoms with Gasteiger partial charge in [0.2, 0.25) is 0 Å². The van der Waals surface area contributed by atoms with E-state index in [0.29, 0.717) is 0 Å². The van der Waals surface area contributed by atoms with Crippen LogP contribution in [-0.2, 0) is 12.6 Å². The van der Waals surface area contributed by atoms with Crippen molar-refractivity contribution in [1.29, 1.82) is 0 Å². The third-order valence-electron chi connectivity index (χ3n) is 1.66. The van der Waals surface area contributed by atoms with Gasteiger partial charge in [-0.3, -0.25) is 9.89 Å². The molecule has 0 saturated heterocycles. The van der Waals surface area contributed by atoms with Gasteiger partial charge in [-0.15, -0.1) is 0 Å². The lowest BCUT2D eigenvalue weighted by Gasteiger charge is -2.03. The number of hydrogen-bond donors (Lipinski definition) is 1. The van der Waals surface area contributed by atoms with Crippen LogP contribution in [-0.4, -0.2) is 15.4 Å². The number of carbonyl (C=O) groups is 1. The van der Waals surface area contributed by atoms with Crippen LogP contribution in [0.1, 0.15) is 28.7 Å². The van der Waals surface area contributed by atoms with Gasteiger partial charge in [-0.05, 0) is 18.0 Å². The molecule has 78 valence electrons. The van der Waals surface area contributed by atoms with Gasteiger partial charge in [0.25, 0.3) is 5.24 Å². The lowest BCUT2D eigenvalue weighted by molar-refractivity contribution is -0.141. The average molecular weight is 227 g/mol. The SMILES string of the molecule is CCc1[nH]nc(C(F)(F)F)c1C(=O)Cl. The van der Waals surface area contributed by atoms with E-state index in [1.165, 1.54) is 0 Å². The van der Waals surface area contributed by atoms with Crippen LogP contribution in [0, 0.1) is 0 Å². The topological polar surface area (TPSA) is 45.8 Å². The molecule has 0 aliphatic carbocycles. The number of nitrogens with one attached hydrogen (secondary N) is 1. The predicted octanol–water partition coefficient (Wildman–Crippen LogP) is 2.37. The quantitative estimate of drug-likeness (QED) is 0.787. The second-order valence-electron chi connectivity index (χ2n) is 2.55. The molecule has 1 rings (SSSR count). The van der Waals surface area contributed by atoms with E-state index in [4.69, 9.17) is 11.6 Å². The fourth-order valence-corrected chi connectivity index (χ4v) is 1.25. The van der Waals surface area contributed by atoms with Crippen molar-refractivity contribution in [3.05, 3.63) is 17.0 Å². The summed E-state index contributed by atoms with van der Waals surface area (Å²) < 4.78 is 36.8. The van der Waals surface area contributed by atoms with E-state index in [1.54, 1.807) is 6.92 Å². The van der Waals surface area contributed by atoms with Gasteiger partial charge in [0, 0.05) is 5.69 Å². The fraction of sp³-hybridized carbons (Fsp3) is 0.429. The molecule has 0 aliphatic heterocycles. The molecule has 0 unspecified atom stereocenters. The zero-order chi connectivity index (χ0) is 10.9. The molecule has 1 heterocycles. The molecule has 0 spiro atoms. The highest BCUT2D eigenvalue weighted by atomic mass is 35.5. The molecule has 14 heavy (non-hydrogen) atoms. The number of hydrogen-bond acceptors (Lipinski definition) is 2. The third kappa shape index (κ3) is 1.89. The van der Waals surface area contributed by atoms with E-state index < -0.39 is 22.7 Å². The lowest BCUT2D eigenvalue weighted by Crippen LogP contribution is -2.10. The third-order valence-corrected chi connectivity index (χ3v) is 1.85. The Balaban J connectivity index is 3.32. The number of carbonyl (C=O) groups excluding carboxylic acids is 1. The molecule has 0 bridgehead atoms. The highest BCUT2D eigenvalue weighted by Crippen LogP contribution is 2.32. The molecule has 0 saturated carbocycles. The Hall–Kier alpha value is -1.04. The van der Waals surface area contributed by atoms with Crippen LogP contribution >= 0.6 is 11.6 Å². The van der Waals surface area contributed by atoms with E-state index >= 15 is 0 Å². The molecule has 1 N–H and O–H groups in total. The zero-order valence-corrected chi connectivity index (χ0v) is 7.83. The van der Waals surface area contributed by atoms with Gasteiger partial charge in [-0.2, -0.15) is 18.3 Å². The molecule has 0 atom stereocenters. The summed E-state index contributed by atoms with van der Waals surface area (Å²) in [6, 6.07) is 0. The smallest absolute Gasteiger partial charge is 0.281 e. The van der Waals surface area contributed by atoms with Gasteiger partial charge in [0.05, 0.1) is 5.56 Å². The molecular weight excluding hydrogens is 221 g/mol. The molecule has 7 heteroatoms. The minimum absolute atomic E-state index is 0.0947.